The van der Waals surface area contributed by atoms with Crippen LogP contribution in [-0.2, 0) is 4.79 Å². The number of hydrazone groups is 1. The molecule has 0 heterocycles. The maximum atomic E-state index is 11.8. The first-order chi connectivity index (χ1) is 12.0. The topological polar surface area (TPSA) is 80.2 Å². The summed E-state index contributed by atoms with van der Waals surface area (Å²) in [5.41, 5.74) is 3.03. The van der Waals surface area contributed by atoms with Gasteiger partial charge < -0.3 is 14.6 Å². The lowest BCUT2D eigenvalue weighted by Gasteiger charge is -2.07. The zero-order valence-electron chi connectivity index (χ0n) is 13.3. The summed E-state index contributed by atoms with van der Waals surface area (Å²) < 4.78 is 11.3. The highest BCUT2D eigenvalue weighted by Crippen LogP contribution is 2.28. The lowest BCUT2D eigenvalue weighted by atomic mass is 10.2. The van der Waals surface area contributed by atoms with Crippen molar-refractivity contribution in [1.29, 1.82) is 0 Å². The monoisotopic (exact) mass is 426 g/mol. The summed E-state index contributed by atoms with van der Waals surface area (Å²) in [5, 5.41) is 14.0. The van der Waals surface area contributed by atoms with Gasteiger partial charge in [0.25, 0.3) is 5.91 Å². The second-order valence-electron chi connectivity index (χ2n) is 4.82. The molecule has 0 aliphatic carbocycles. The van der Waals surface area contributed by atoms with Crippen molar-refractivity contribution in [3.8, 4) is 17.2 Å². The number of phenols is 1. The van der Waals surface area contributed by atoms with Crippen molar-refractivity contribution in [2.24, 2.45) is 5.10 Å². The molecule has 8 heteroatoms. The summed E-state index contributed by atoms with van der Waals surface area (Å²) in [4.78, 5) is 11.8. The number of carbonyl (C=O) groups is 1. The lowest BCUT2D eigenvalue weighted by molar-refractivity contribution is -0.123. The van der Waals surface area contributed by atoms with Crippen molar-refractivity contribution >= 4 is 39.7 Å². The van der Waals surface area contributed by atoms with Gasteiger partial charge in [0, 0.05) is 5.02 Å². The first kappa shape index (κ1) is 19.1. The van der Waals surface area contributed by atoms with Crippen LogP contribution in [0.1, 0.15) is 12.5 Å². The Kier molecular flexibility index (Phi) is 7.09. The van der Waals surface area contributed by atoms with Gasteiger partial charge in [0.2, 0.25) is 0 Å². The van der Waals surface area contributed by atoms with Gasteiger partial charge >= 0.3 is 0 Å². The molecule has 2 aromatic carbocycles. The molecule has 0 aromatic heterocycles. The number of amides is 1. The van der Waals surface area contributed by atoms with Crippen molar-refractivity contribution in [2.45, 2.75) is 6.92 Å². The molecule has 0 atom stereocenters. The Hall–Kier alpha value is -2.25. The van der Waals surface area contributed by atoms with Gasteiger partial charge in [-0.05, 0) is 64.8 Å². The van der Waals surface area contributed by atoms with Crippen LogP contribution in [-0.4, -0.2) is 30.4 Å². The quantitative estimate of drug-likeness (QED) is 0.521. The van der Waals surface area contributed by atoms with E-state index in [0.29, 0.717) is 33.2 Å². The van der Waals surface area contributed by atoms with Crippen LogP contribution in [0.2, 0.25) is 5.02 Å². The molecule has 0 fully saturated rings. The molecule has 0 spiro atoms. The number of ether oxygens (including phenoxy) is 2. The third kappa shape index (κ3) is 5.95. The van der Waals surface area contributed by atoms with Crippen molar-refractivity contribution in [1.82, 2.24) is 5.43 Å². The lowest BCUT2D eigenvalue weighted by Crippen LogP contribution is -2.24. The number of aromatic hydroxyl groups is 1. The van der Waals surface area contributed by atoms with Crippen LogP contribution in [0.5, 0.6) is 17.2 Å². The molecule has 0 radical (unpaired) electrons. The van der Waals surface area contributed by atoms with E-state index in [2.05, 4.69) is 26.5 Å². The van der Waals surface area contributed by atoms with E-state index in [0.717, 1.165) is 0 Å². The van der Waals surface area contributed by atoms with E-state index in [9.17, 15) is 9.90 Å². The van der Waals surface area contributed by atoms with E-state index in [-0.39, 0.29) is 12.4 Å². The number of halogens is 2. The number of benzene rings is 2. The molecule has 2 aromatic rings. The second kappa shape index (κ2) is 9.29. The summed E-state index contributed by atoms with van der Waals surface area (Å²) in [5.74, 6) is 0.490. The third-order valence-electron chi connectivity index (χ3n) is 2.94. The fourth-order valence-corrected chi connectivity index (χ4v) is 2.63. The first-order valence-electron chi connectivity index (χ1n) is 7.35. The van der Waals surface area contributed by atoms with Crippen molar-refractivity contribution in [3.63, 3.8) is 0 Å². The predicted molar refractivity (Wildman–Crippen MR) is 99.7 cm³/mol. The van der Waals surface area contributed by atoms with Gasteiger partial charge in [0.15, 0.2) is 18.1 Å². The second-order valence-corrected chi connectivity index (χ2v) is 6.11. The molecule has 0 aliphatic rings. The van der Waals surface area contributed by atoms with E-state index < -0.39 is 5.91 Å². The largest absolute Gasteiger partial charge is 0.504 e. The van der Waals surface area contributed by atoms with E-state index in [1.165, 1.54) is 12.3 Å². The Bertz CT molecular complexity index is 783. The molecule has 132 valence electrons. The molecular formula is C17H16BrClN2O4. The number of phenolic OH excluding ortho intramolecular Hbond substituents is 1. The van der Waals surface area contributed by atoms with Gasteiger partial charge in [0.1, 0.15) is 5.75 Å². The highest BCUT2D eigenvalue weighted by atomic mass is 79.9. The Labute approximate surface area is 158 Å². The summed E-state index contributed by atoms with van der Waals surface area (Å²) >= 11 is 9.14. The highest BCUT2D eigenvalue weighted by molar-refractivity contribution is 9.10. The van der Waals surface area contributed by atoms with Crippen molar-refractivity contribution < 1.29 is 19.4 Å². The predicted octanol–water partition coefficient (Wildman–Crippen LogP) is 3.74. The van der Waals surface area contributed by atoms with E-state index in [1.807, 2.05) is 6.92 Å². The standard InChI is InChI=1S/C17H16BrClN2O4/c1-2-24-16-7-11(3-5-14(16)22)9-20-21-17(23)10-25-15-6-4-12(19)8-13(15)18/h3-9,22H,2,10H2,1H3,(H,21,23). The third-order valence-corrected chi connectivity index (χ3v) is 3.79. The maximum Gasteiger partial charge on any atom is 0.277 e. The molecule has 0 saturated carbocycles. The van der Waals surface area contributed by atoms with Crippen molar-refractivity contribution in [2.75, 3.05) is 13.2 Å². The van der Waals surface area contributed by atoms with Gasteiger partial charge in [-0.15, -0.1) is 0 Å². The van der Waals surface area contributed by atoms with Gasteiger partial charge in [-0.2, -0.15) is 5.10 Å². The molecular weight excluding hydrogens is 412 g/mol. The number of carbonyl (C=O) groups excluding carboxylic acids is 1. The van der Waals surface area contributed by atoms with Crippen LogP contribution >= 0.6 is 27.5 Å². The van der Waals surface area contributed by atoms with Gasteiger partial charge in [-0.3, -0.25) is 4.79 Å². The first-order valence-corrected chi connectivity index (χ1v) is 8.52. The molecule has 6 nitrogen and oxygen atoms in total. The van der Waals surface area contributed by atoms with Crippen LogP contribution in [0, 0.1) is 0 Å². The van der Waals surface area contributed by atoms with E-state index in [4.69, 9.17) is 21.1 Å². The fraction of sp³-hybridized carbons (Fsp3) is 0.176. The number of hydrogen-bond acceptors (Lipinski definition) is 5. The average Bonchev–Trinajstić information content (AvgIpc) is 2.57. The van der Waals surface area contributed by atoms with Gasteiger partial charge in [-0.25, -0.2) is 5.43 Å². The van der Waals surface area contributed by atoms with Crippen LogP contribution in [0.4, 0.5) is 0 Å². The Morgan fingerprint density at radius 3 is 2.80 bits per heavy atom. The van der Waals surface area contributed by atoms with Gasteiger partial charge in [-0.1, -0.05) is 11.6 Å². The van der Waals surface area contributed by atoms with Crippen LogP contribution in [0.15, 0.2) is 46.0 Å². The number of nitrogens with one attached hydrogen (secondary N) is 1. The van der Waals surface area contributed by atoms with E-state index >= 15 is 0 Å². The minimum atomic E-state index is -0.415. The molecule has 0 aliphatic heterocycles. The van der Waals surface area contributed by atoms with Crippen LogP contribution in [0.3, 0.4) is 0 Å². The Balaban J connectivity index is 1.87. The van der Waals surface area contributed by atoms with E-state index in [1.54, 1.807) is 30.3 Å². The Morgan fingerprint density at radius 1 is 1.28 bits per heavy atom. The van der Waals surface area contributed by atoms with Gasteiger partial charge in [0.05, 0.1) is 17.3 Å². The number of rotatable bonds is 7. The van der Waals surface area contributed by atoms with Crippen LogP contribution in [0.25, 0.3) is 0 Å². The smallest absolute Gasteiger partial charge is 0.277 e. The van der Waals surface area contributed by atoms with Crippen LogP contribution < -0.4 is 14.9 Å². The molecule has 2 rings (SSSR count). The zero-order valence-corrected chi connectivity index (χ0v) is 15.7. The molecule has 0 unspecified atom stereocenters. The SMILES string of the molecule is CCOc1cc(C=NNC(=O)COc2ccc(Cl)cc2Br)ccc1O. The number of hydrogen-bond donors (Lipinski definition) is 2. The maximum absolute atomic E-state index is 11.8. The minimum Gasteiger partial charge on any atom is -0.504 e. The number of nitrogens with zero attached hydrogens (tertiary/aromatic N) is 1. The molecule has 2 N–H and O–H groups in total. The molecule has 25 heavy (non-hydrogen) atoms. The zero-order chi connectivity index (χ0) is 18.2. The Morgan fingerprint density at radius 2 is 2.08 bits per heavy atom. The summed E-state index contributed by atoms with van der Waals surface area (Å²) in [6.07, 6.45) is 1.44. The summed E-state index contributed by atoms with van der Waals surface area (Å²) in [7, 11) is 0. The normalized spacial score (nSPS) is 10.7. The molecule has 1 amide bonds. The summed E-state index contributed by atoms with van der Waals surface area (Å²) in [6, 6.07) is 9.76. The molecule has 0 bridgehead atoms. The fourth-order valence-electron chi connectivity index (χ4n) is 1.83. The van der Waals surface area contributed by atoms with Crippen molar-refractivity contribution in [3.05, 3.63) is 51.5 Å². The molecule has 0 saturated heterocycles. The highest BCUT2D eigenvalue weighted by Gasteiger charge is 2.06. The minimum absolute atomic E-state index is 0.0463. The summed E-state index contributed by atoms with van der Waals surface area (Å²) in [6.45, 7) is 2.05. The average molecular weight is 428 g/mol.